The van der Waals surface area contributed by atoms with Crippen LogP contribution in [0.4, 0.5) is 0 Å². The quantitative estimate of drug-likeness (QED) is 0.402. The van der Waals surface area contributed by atoms with Crippen LogP contribution in [0.2, 0.25) is 0 Å². The molecule has 3 aliphatic carbocycles. The number of ether oxygens (including phenoxy) is 4. The SMILES string of the molecule is CC(C)[C@]12O[C@H]1C=C1[C@]3(O[C@H]3C[C@H]3C4=C(CC[C@]13C)C(=O)OC4)[C@@H]2OC(C)(C)C. The Hall–Kier alpha value is -1.17. The number of fused-ring (bicyclic) bond motifs is 4. The van der Waals surface area contributed by atoms with E-state index in [2.05, 4.69) is 47.6 Å². The summed E-state index contributed by atoms with van der Waals surface area (Å²) in [6, 6.07) is 0. The van der Waals surface area contributed by atoms with Crippen LogP contribution in [0.15, 0.2) is 22.8 Å². The molecule has 3 aliphatic heterocycles. The molecule has 1 spiro atoms. The van der Waals surface area contributed by atoms with Gasteiger partial charge in [0.05, 0.1) is 11.7 Å². The van der Waals surface area contributed by atoms with Crippen LogP contribution in [0.3, 0.4) is 0 Å². The molecule has 7 atom stereocenters. The van der Waals surface area contributed by atoms with Gasteiger partial charge in [0.25, 0.3) is 0 Å². The number of carbonyl (C=O) groups excluding carboxylic acids is 1. The summed E-state index contributed by atoms with van der Waals surface area (Å²) in [5.74, 6) is 0.556. The third kappa shape index (κ3) is 2.10. The van der Waals surface area contributed by atoms with Crippen LogP contribution in [0.25, 0.3) is 0 Å². The Labute approximate surface area is 172 Å². The Kier molecular flexibility index (Phi) is 3.32. The van der Waals surface area contributed by atoms with E-state index in [1.54, 1.807) is 0 Å². The summed E-state index contributed by atoms with van der Waals surface area (Å²) in [6.45, 7) is 13.7. The number of hydrogen-bond donors (Lipinski definition) is 0. The van der Waals surface area contributed by atoms with Crippen molar-refractivity contribution in [1.29, 1.82) is 0 Å². The van der Waals surface area contributed by atoms with Crippen LogP contribution in [0.5, 0.6) is 0 Å². The van der Waals surface area contributed by atoms with Gasteiger partial charge < -0.3 is 18.9 Å². The van der Waals surface area contributed by atoms with Crippen molar-refractivity contribution in [1.82, 2.24) is 0 Å². The molecule has 0 aromatic heterocycles. The molecule has 0 bridgehead atoms. The maximum Gasteiger partial charge on any atom is 0.334 e. The molecule has 5 nitrogen and oxygen atoms in total. The molecule has 3 fully saturated rings. The van der Waals surface area contributed by atoms with Gasteiger partial charge in [-0.1, -0.05) is 26.8 Å². The first-order valence-electron chi connectivity index (χ1n) is 11.2. The van der Waals surface area contributed by atoms with Crippen molar-refractivity contribution in [2.45, 2.75) is 95.9 Å². The van der Waals surface area contributed by atoms with Gasteiger partial charge in [0.1, 0.15) is 30.0 Å². The second-order valence-corrected chi connectivity index (χ2v) is 11.4. The van der Waals surface area contributed by atoms with Crippen LogP contribution in [0, 0.1) is 17.3 Å². The molecule has 6 aliphatic rings. The van der Waals surface area contributed by atoms with Crippen molar-refractivity contribution in [3.8, 4) is 0 Å². The normalized spacial score (nSPS) is 49.5. The number of esters is 1. The van der Waals surface area contributed by atoms with Gasteiger partial charge in [-0.3, -0.25) is 0 Å². The minimum absolute atomic E-state index is 0.0333. The maximum atomic E-state index is 12.2. The van der Waals surface area contributed by atoms with E-state index in [0.29, 0.717) is 18.4 Å². The van der Waals surface area contributed by atoms with E-state index in [-0.39, 0.29) is 46.5 Å². The predicted octanol–water partition coefficient (Wildman–Crippen LogP) is 3.71. The van der Waals surface area contributed by atoms with Crippen LogP contribution in [0.1, 0.15) is 60.8 Å². The standard InChI is InChI=1S/C24H32O5/c1-12(2)23-18(27-23)10-16-22(6)8-7-13-14(11-26-19(13)25)15(22)9-17-24(16,28-17)20(23)29-21(3,4)5/h10,12,15,17-18,20H,7-9,11H2,1-6H3/t15-,17-,18-,20+,22-,23-,24+/m0/s1. The average molecular weight is 401 g/mol. The molecular formula is C24H32O5. The lowest BCUT2D eigenvalue weighted by Crippen LogP contribution is -2.60. The molecule has 0 radical (unpaired) electrons. The molecular weight excluding hydrogens is 368 g/mol. The van der Waals surface area contributed by atoms with E-state index in [1.807, 2.05) is 0 Å². The number of carbonyl (C=O) groups is 1. The predicted molar refractivity (Wildman–Crippen MR) is 106 cm³/mol. The average Bonchev–Trinajstić information content (AvgIpc) is 3.49. The summed E-state index contributed by atoms with van der Waals surface area (Å²) in [7, 11) is 0. The van der Waals surface area contributed by atoms with E-state index in [0.717, 1.165) is 24.8 Å². The minimum atomic E-state index is -0.378. The molecule has 0 aromatic carbocycles. The highest BCUT2D eigenvalue weighted by Crippen LogP contribution is 2.73. The largest absolute Gasteiger partial charge is 0.458 e. The Bertz CT molecular complexity index is 878. The number of cyclic esters (lactones) is 1. The summed E-state index contributed by atoms with van der Waals surface area (Å²) in [4.78, 5) is 12.2. The maximum absolute atomic E-state index is 12.2. The van der Waals surface area contributed by atoms with Crippen LogP contribution >= 0.6 is 0 Å². The fraction of sp³-hybridized carbons (Fsp3) is 0.792. The lowest BCUT2D eigenvalue weighted by molar-refractivity contribution is -0.136. The van der Waals surface area contributed by atoms with Crippen LogP contribution in [-0.4, -0.2) is 47.7 Å². The van der Waals surface area contributed by atoms with Gasteiger partial charge in [0.2, 0.25) is 0 Å². The molecule has 3 heterocycles. The first kappa shape index (κ1) is 18.6. The Morgan fingerprint density at radius 3 is 2.69 bits per heavy atom. The van der Waals surface area contributed by atoms with Gasteiger partial charge in [-0.25, -0.2) is 4.79 Å². The van der Waals surface area contributed by atoms with E-state index < -0.39 is 0 Å². The highest BCUT2D eigenvalue weighted by molar-refractivity contribution is 5.92. The van der Waals surface area contributed by atoms with Crippen molar-refractivity contribution < 1.29 is 23.7 Å². The number of hydrogen-bond acceptors (Lipinski definition) is 5. The number of rotatable bonds is 2. The Morgan fingerprint density at radius 1 is 1.24 bits per heavy atom. The van der Waals surface area contributed by atoms with Gasteiger partial charge in [-0.05, 0) is 68.4 Å². The molecule has 0 N–H and O–H groups in total. The second-order valence-electron chi connectivity index (χ2n) is 11.4. The molecule has 1 saturated carbocycles. The summed E-state index contributed by atoms with van der Waals surface area (Å²) >= 11 is 0. The van der Waals surface area contributed by atoms with Crippen molar-refractivity contribution in [3.05, 3.63) is 22.8 Å². The van der Waals surface area contributed by atoms with Crippen molar-refractivity contribution in [3.63, 3.8) is 0 Å². The monoisotopic (exact) mass is 400 g/mol. The lowest BCUT2D eigenvalue weighted by atomic mass is 9.51. The zero-order valence-corrected chi connectivity index (χ0v) is 18.3. The van der Waals surface area contributed by atoms with Gasteiger partial charge >= 0.3 is 5.97 Å². The first-order chi connectivity index (χ1) is 13.5. The number of epoxide rings is 2. The van der Waals surface area contributed by atoms with Crippen molar-refractivity contribution in [2.75, 3.05) is 6.61 Å². The third-order valence-electron chi connectivity index (χ3n) is 8.53. The van der Waals surface area contributed by atoms with E-state index >= 15 is 0 Å². The Morgan fingerprint density at radius 2 is 2.00 bits per heavy atom. The summed E-state index contributed by atoms with van der Waals surface area (Å²) in [5.41, 5.74) is 2.54. The zero-order valence-electron chi connectivity index (χ0n) is 18.3. The molecule has 29 heavy (non-hydrogen) atoms. The van der Waals surface area contributed by atoms with Crippen molar-refractivity contribution in [2.24, 2.45) is 17.3 Å². The van der Waals surface area contributed by atoms with Gasteiger partial charge in [0.15, 0.2) is 0 Å². The first-order valence-corrected chi connectivity index (χ1v) is 11.2. The highest BCUT2D eigenvalue weighted by Gasteiger charge is 2.83. The third-order valence-corrected chi connectivity index (χ3v) is 8.53. The van der Waals surface area contributed by atoms with Gasteiger partial charge in [-0.2, -0.15) is 0 Å². The van der Waals surface area contributed by atoms with Crippen LogP contribution in [-0.2, 0) is 23.7 Å². The topological polar surface area (TPSA) is 60.6 Å². The Balaban J connectivity index is 1.47. The molecule has 158 valence electrons. The van der Waals surface area contributed by atoms with Gasteiger partial charge in [0, 0.05) is 5.57 Å². The fourth-order valence-electron chi connectivity index (χ4n) is 7.05. The smallest absolute Gasteiger partial charge is 0.334 e. The zero-order chi connectivity index (χ0) is 20.6. The molecule has 2 saturated heterocycles. The summed E-state index contributed by atoms with van der Waals surface area (Å²) in [6.07, 6.45) is 5.18. The van der Waals surface area contributed by atoms with E-state index in [4.69, 9.17) is 18.9 Å². The van der Waals surface area contributed by atoms with Crippen molar-refractivity contribution >= 4 is 5.97 Å². The molecule has 0 amide bonds. The van der Waals surface area contributed by atoms with E-state index in [9.17, 15) is 4.79 Å². The molecule has 0 aromatic rings. The summed E-state index contributed by atoms with van der Waals surface area (Å²) < 4.78 is 25.2. The molecule has 0 unspecified atom stereocenters. The molecule has 6 rings (SSSR count). The van der Waals surface area contributed by atoms with Gasteiger partial charge in [-0.15, -0.1) is 0 Å². The minimum Gasteiger partial charge on any atom is -0.458 e. The fourth-order valence-corrected chi connectivity index (χ4v) is 7.05. The van der Waals surface area contributed by atoms with E-state index in [1.165, 1.54) is 11.1 Å². The van der Waals surface area contributed by atoms with Crippen LogP contribution < -0.4 is 0 Å². The lowest BCUT2D eigenvalue weighted by Gasteiger charge is -2.52. The molecule has 5 heteroatoms. The highest BCUT2D eigenvalue weighted by atomic mass is 16.7. The summed E-state index contributed by atoms with van der Waals surface area (Å²) in [5, 5.41) is 0. The second kappa shape index (κ2) is 5.17.